The summed E-state index contributed by atoms with van der Waals surface area (Å²) < 4.78 is 40.7. The lowest BCUT2D eigenvalue weighted by molar-refractivity contribution is 0.598. The number of nitrogens with zero attached hydrogens (tertiary/aromatic N) is 1. The number of sulfonamides is 1. The van der Waals surface area contributed by atoms with Gasteiger partial charge in [-0.3, -0.25) is 9.71 Å². The Balaban J connectivity index is 2.07. The summed E-state index contributed by atoms with van der Waals surface area (Å²) in [5.41, 5.74) is 1.48. The zero-order valence-electron chi connectivity index (χ0n) is 11.7. The summed E-state index contributed by atoms with van der Waals surface area (Å²) in [7, 11) is -3.80. The Kier molecular flexibility index (Phi) is 3.54. The van der Waals surface area contributed by atoms with Crippen molar-refractivity contribution in [2.45, 2.75) is 11.8 Å². The second-order valence-corrected chi connectivity index (χ2v) is 6.54. The molecule has 0 bridgehead atoms. The van der Waals surface area contributed by atoms with E-state index in [0.29, 0.717) is 22.2 Å². The van der Waals surface area contributed by atoms with E-state index in [-0.39, 0.29) is 4.90 Å². The summed E-state index contributed by atoms with van der Waals surface area (Å²) in [5, 5.41) is 0.702. The van der Waals surface area contributed by atoms with Crippen molar-refractivity contribution in [2.24, 2.45) is 0 Å². The van der Waals surface area contributed by atoms with Crippen molar-refractivity contribution in [3.63, 3.8) is 0 Å². The smallest absolute Gasteiger partial charge is 0.262 e. The van der Waals surface area contributed by atoms with Gasteiger partial charge in [-0.15, -0.1) is 0 Å². The van der Waals surface area contributed by atoms with Crippen LogP contribution in [0.15, 0.2) is 59.6 Å². The topological polar surface area (TPSA) is 59.1 Å². The first kappa shape index (κ1) is 14.5. The molecule has 1 N–H and O–H groups in total. The number of pyridine rings is 1. The van der Waals surface area contributed by atoms with Crippen molar-refractivity contribution in [3.8, 4) is 0 Å². The van der Waals surface area contributed by atoms with E-state index in [1.807, 2.05) is 0 Å². The van der Waals surface area contributed by atoms with Crippen LogP contribution in [0.3, 0.4) is 0 Å². The van der Waals surface area contributed by atoms with E-state index in [2.05, 4.69) is 9.71 Å². The lowest BCUT2D eigenvalue weighted by atomic mass is 10.2. The Hall–Kier alpha value is -2.47. The van der Waals surface area contributed by atoms with Crippen LogP contribution in [0.1, 0.15) is 5.56 Å². The highest BCUT2D eigenvalue weighted by Crippen LogP contribution is 2.25. The molecule has 0 unspecified atom stereocenters. The molecular weight excluding hydrogens is 303 g/mol. The van der Waals surface area contributed by atoms with Gasteiger partial charge in [0.25, 0.3) is 10.0 Å². The molecule has 0 aliphatic rings. The largest absolute Gasteiger partial charge is 0.279 e. The van der Waals surface area contributed by atoms with E-state index < -0.39 is 15.8 Å². The molecule has 6 heteroatoms. The molecule has 0 fully saturated rings. The van der Waals surface area contributed by atoms with Gasteiger partial charge in [-0.1, -0.05) is 6.07 Å². The molecule has 0 radical (unpaired) electrons. The van der Waals surface area contributed by atoms with E-state index in [0.717, 1.165) is 6.07 Å². The van der Waals surface area contributed by atoms with Gasteiger partial charge in [0.2, 0.25) is 0 Å². The molecular formula is C16H13FN2O2S. The normalized spacial score (nSPS) is 11.5. The van der Waals surface area contributed by atoms with Crippen molar-refractivity contribution in [1.82, 2.24) is 4.98 Å². The Morgan fingerprint density at radius 3 is 2.68 bits per heavy atom. The Morgan fingerprint density at radius 2 is 1.91 bits per heavy atom. The van der Waals surface area contributed by atoms with Gasteiger partial charge in [0.05, 0.1) is 16.1 Å². The molecule has 3 rings (SSSR count). The molecule has 3 aromatic rings. The zero-order valence-corrected chi connectivity index (χ0v) is 12.6. The van der Waals surface area contributed by atoms with Gasteiger partial charge in [-0.25, -0.2) is 12.8 Å². The Labute approximate surface area is 127 Å². The third-order valence-corrected chi connectivity index (χ3v) is 4.84. The number of benzene rings is 2. The summed E-state index contributed by atoms with van der Waals surface area (Å²) in [6, 6.07) is 12.3. The van der Waals surface area contributed by atoms with Crippen LogP contribution >= 0.6 is 0 Å². The Bertz CT molecular complexity index is 950. The Morgan fingerprint density at radius 1 is 1.09 bits per heavy atom. The number of aryl methyl sites for hydroxylation is 1. The number of aromatic nitrogens is 1. The first-order valence-corrected chi connectivity index (χ1v) is 8.08. The van der Waals surface area contributed by atoms with Gasteiger partial charge in [-0.2, -0.15) is 0 Å². The molecule has 2 aromatic carbocycles. The van der Waals surface area contributed by atoms with Crippen LogP contribution in [0.4, 0.5) is 10.1 Å². The highest BCUT2D eigenvalue weighted by Gasteiger charge is 2.18. The van der Waals surface area contributed by atoms with Gasteiger partial charge in [0.15, 0.2) is 0 Å². The summed E-state index contributed by atoms with van der Waals surface area (Å²) >= 11 is 0. The monoisotopic (exact) mass is 316 g/mol. The molecule has 0 amide bonds. The number of halogens is 1. The van der Waals surface area contributed by atoms with E-state index >= 15 is 0 Å². The van der Waals surface area contributed by atoms with Crippen LogP contribution in [0.25, 0.3) is 10.9 Å². The highest BCUT2D eigenvalue weighted by molar-refractivity contribution is 7.92. The second-order valence-electron chi connectivity index (χ2n) is 4.89. The molecule has 0 saturated carbocycles. The summed E-state index contributed by atoms with van der Waals surface area (Å²) in [6.07, 6.45) is 1.64. The standard InChI is InChI=1S/C16H13FN2O2S/c1-11-10-12(17)7-8-16(11)22(20,21)19-15-6-2-5-14-13(15)4-3-9-18-14/h2-10,19H,1H3. The lowest BCUT2D eigenvalue weighted by Gasteiger charge is -2.12. The van der Waals surface area contributed by atoms with Gasteiger partial charge in [-0.05, 0) is 55.0 Å². The molecule has 0 saturated heterocycles. The molecule has 1 aromatic heterocycles. The minimum atomic E-state index is -3.80. The molecule has 0 atom stereocenters. The van der Waals surface area contributed by atoms with Gasteiger partial charge < -0.3 is 0 Å². The summed E-state index contributed by atoms with van der Waals surface area (Å²) in [4.78, 5) is 4.24. The molecule has 0 spiro atoms. The summed E-state index contributed by atoms with van der Waals surface area (Å²) in [5.74, 6) is -0.467. The van der Waals surface area contributed by atoms with Crippen molar-refractivity contribution in [1.29, 1.82) is 0 Å². The number of anilines is 1. The van der Waals surface area contributed by atoms with Crippen LogP contribution in [0.5, 0.6) is 0 Å². The molecule has 22 heavy (non-hydrogen) atoms. The third kappa shape index (κ3) is 2.65. The third-order valence-electron chi connectivity index (χ3n) is 3.32. The fraction of sp³-hybridized carbons (Fsp3) is 0.0625. The second kappa shape index (κ2) is 5.38. The maximum absolute atomic E-state index is 13.1. The first-order valence-electron chi connectivity index (χ1n) is 6.60. The van der Waals surface area contributed by atoms with E-state index in [9.17, 15) is 12.8 Å². The zero-order chi connectivity index (χ0) is 15.7. The fourth-order valence-electron chi connectivity index (χ4n) is 2.31. The summed E-state index contributed by atoms with van der Waals surface area (Å²) in [6.45, 7) is 1.56. The quantitative estimate of drug-likeness (QED) is 0.805. The maximum Gasteiger partial charge on any atom is 0.262 e. The van der Waals surface area contributed by atoms with Gasteiger partial charge in [0, 0.05) is 11.6 Å². The average molecular weight is 316 g/mol. The van der Waals surface area contributed by atoms with E-state index in [1.165, 1.54) is 12.1 Å². The van der Waals surface area contributed by atoms with Crippen LogP contribution in [-0.2, 0) is 10.0 Å². The minimum Gasteiger partial charge on any atom is -0.279 e. The van der Waals surface area contributed by atoms with Crippen molar-refractivity contribution < 1.29 is 12.8 Å². The molecule has 0 aliphatic heterocycles. The van der Waals surface area contributed by atoms with Crippen LogP contribution in [0, 0.1) is 12.7 Å². The van der Waals surface area contributed by atoms with Gasteiger partial charge >= 0.3 is 0 Å². The number of nitrogens with one attached hydrogen (secondary N) is 1. The van der Waals surface area contributed by atoms with Crippen LogP contribution in [0.2, 0.25) is 0 Å². The number of hydrogen-bond acceptors (Lipinski definition) is 3. The van der Waals surface area contributed by atoms with Crippen molar-refractivity contribution in [3.05, 3.63) is 66.1 Å². The molecule has 4 nitrogen and oxygen atoms in total. The van der Waals surface area contributed by atoms with E-state index in [4.69, 9.17) is 0 Å². The van der Waals surface area contributed by atoms with Gasteiger partial charge in [0.1, 0.15) is 5.82 Å². The minimum absolute atomic E-state index is 0.0507. The predicted molar refractivity (Wildman–Crippen MR) is 83.7 cm³/mol. The fourth-order valence-corrected chi connectivity index (χ4v) is 3.61. The van der Waals surface area contributed by atoms with Crippen molar-refractivity contribution in [2.75, 3.05) is 4.72 Å². The molecule has 1 heterocycles. The first-order chi connectivity index (χ1) is 10.5. The number of rotatable bonds is 3. The SMILES string of the molecule is Cc1cc(F)ccc1S(=O)(=O)Nc1cccc2ncccc12. The van der Waals surface area contributed by atoms with Crippen molar-refractivity contribution >= 4 is 26.6 Å². The predicted octanol–water partition coefficient (Wildman–Crippen LogP) is 3.48. The number of fused-ring (bicyclic) bond motifs is 1. The molecule has 112 valence electrons. The lowest BCUT2D eigenvalue weighted by Crippen LogP contribution is -2.14. The number of hydrogen-bond donors (Lipinski definition) is 1. The maximum atomic E-state index is 13.1. The average Bonchev–Trinajstić information content (AvgIpc) is 2.47. The van der Waals surface area contributed by atoms with E-state index in [1.54, 1.807) is 43.5 Å². The highest BCUT2D eigenvalue weighted by atomic mass is 32.2. The van der Waals surface area contributed by atoms with Crippen LogP contribution < -0.4 is 4.72 Å². The molecule has 0 aliphatic carbocycles. The van der Waals surface area contributed by atoms with Crippen LogP contribution in [-0.4, -0.2) is 13.4 Å².